The fourth-order valence-electron chi connectivity index (χ4n) is 3.16. The van der Waals surface area contributed by atoms with E-state index in [1.807, 2.05) is 0 Å². The molecule has 2 atom stereocenters. The number of carbonyl (C=O) groups is 3. The molecule has 0 spiro atoms. The van der Waals surface area contributed by atoms with Crippen LogP contribution in [0, 0.1) is 11.7 Å². The Bertz CT molecular complexity index is 696. The van der Waals surface area contributed by atoms with Gasteiger partial charge in [-0.15, -0.1) is 0 Å². The third-order valence-corrected chi connectivity index (χ3v) is 4.65. The smallest absolute Gasteiger partial charge is 0.409 e. The van der Waals surface area contributed by atoms with E-state index in [-0.39, 0.29) is 42.4 Å². The Morgan fingerprint density at radius 2 is 2.08 bits per heavy atom. The van der Waals surface area contributed by atoms with Crippen molar-refractivity contribution in [3.8, 4) is 0 Å². The number of likely N-dealkylation sites (tertiary alicyclic amines) is 1. The molecule has 0 N–H and O–H groups in total. The molecule has 0 radical (unpaired) electrons. The molecule has 142 valence electrons. The molecular weight excluding hydrogens is 365 g/mol. The molecule has 0 saturated carbocycles. The number of methoxy groups -OCH3 is 1. The maximum absolute atomic E-state index is 14.4. The van der Waals surface area contributed by atoms with Crippen LogP contribution >= 0.6 is 11.6 Å². The van der Waals surface area contributed by atoms with E-state index in [2.05, 4.69) is 0 Å². The predicted octanol–water partition coefficient (Wildman–Crippen LogP) is 3.52. The molecule has 1 heterocycles. The van der Waals surface area contributed by atoms with Crippen LogP contribution < -0.4 is 0 Å². The minimum absolute atomic E-state index is 0.200. The van der Waals surface area contributed by atoms with Gasteiger partial charge in [-0.25, -0.2) is 9.18 Å². The van der Waals surface area contributed by atoms with Gasteiger partial charge in [0.25, 0.3) is 0 Å². The average Bonchev–Trinajstić information content (AvgIpc) is 2.60. The lowest BCUT2D eigenvalue weighted by atomic mass is 9.83. The Hall–Kier alpha value is -2.15. The van der Waals surface area contributed by atoms with Crippen molar-refractivity contribution in [2.75, 3.05) is 20.3 Å². The van der Waals surface area contributed by atoms with E-state index in [0.717, 1.165) is 6.07 Å². The molecule has 0 bridgehead atoms. The Kier molecular flexibility index (Phi) is 6.97. The van der Waals surface area contributed by atoms with Gasteiger partial charge in [-0.1, -0.05) is 17.7 Å². The number of esters is 1. The third-order valence-electron chi connectivity index (χ3n) is 4.41. The van der Waals surface area contributed by atoms with Crippen LogP contribution in [-0.4, -0.2) is 43.0 Å². The molecule has 1 amide bonds. The Morgan fingerprint density at radius 1 is 1.35 bits per heavy atom. The molecule has 26 heavy (non-hydrogen) atoms. The van der Waals surface area contributed by atoms with Gasteiger partial charge < -0.3 is 14.4 Å². The van der Waals surface area contributed by atoms with Gasteiger partial charge in [0.05, 0.1) is 19.8 Å². The summed E-state index contributed by atoms with van der Waals surface area (Å²) in [5.41, 5.74) is 0.258. The summed E-state index contributed by atoms with van der Waals surface area (Å²) in [6.45, 7) is 2.08. The number of hydrogen-bond donors (Lipinski definition) is 0. The van der Waals surface area contributed by atoms with Crippen LogP contribution in [0.3, 0.4) is 0 Å². The quantitative estimate of drug-likeness (QED) is 0.572. The van der Waals surface area contributed by atoms with Gasteiger partial charge in [0.2, 0.25) is 0 Å². The van der Waals surface area contributed by atoms with Gasteiger partial charge in [-0.3, -0.25) is 9.59 Å². The van der Waals surface area contributed by atoms with Crippen LogP contribution in [0.1, 0.15) is 37.8 Å². The predicted molar refractivity (Wildman–Crippen MR) is 92.2 cm³/mol. The maximum atomic E-state index is 14.4. The molecule has 1 aromatic carbocycles. The molecular formula is C18H21ClFNO5. The molecule has 6 nitrogen and oxygen atoms in total. The van der Waals surface area contributed by atoms with Crippen molar-refractivity contribution in [2.24, 2.45) is 5.92 Å². The van der Waals surface area contributed by atoms with Crippen LogP contribution in [0.25, 0.3) is 0 Å². The standard InChI is InChI=1S/C18H21ClFNO5/c1-3-26-17(23)10-16(22)11-6-7-21(18(24)25-2)15(8-11)13-5-4-12(19)9-14(13)20/h4-5,9,11,15H,3,6-8,10H2,1-2H3/t11-,15-/m0/s1. The van der Waals surface area contributed by atoms with Crippen molar-refractivity contribution in [1.29, 1.82) is 0 Å². The number of carbonyl (C=O) groups excluding carboxylic acids is 3. The molecule has 1 aliphatic heterocycles. The topological polar surface area (TPSA) is 72.9 Å². The Labute approximate surface area is 156 Å². The fourth-order valence-corrected chi connectivity index (χ4v) is 3.32. The summed E-state index contributed by atoms with van der Waals surface area (Å²) in [7, 11) is 1.25. The first kappa shape index (κ1) is 20.2. The van der Waals surface area contributed by atoms with E-state index < -0.39 is 29.8 Å². The van der Waals surface area contributed by atoms with Crippen molar-refractivity contribution in [3.63, 3.8) is 0 Å². The van der Waals surface area contributed by atoms with Crippen LogP contribution in [0.4, 0.5) is 9.18 Å². The molecule has 0 aliphatic carbocycles. The lowest BCUT2D eigenvalue weighted by Gasteiger charge is -2.38. The van der Waals surface area contributed by atoms with E-state index in [0.29, 0.717) is 6.42 Å². The molecule has 1 aromatic rings. The van der Waals surface area contributed by atoms with E-state index in [9.17, 15) is 18.8 Å². The van der Waals surface area contributed by atoms with Gasteiger partial charge in [0, 0.05) is 23.0 Å². The summed E-state index contributed by atoms with van der Waals surface area (Å²) >= 11 is 5.80. The van der Waals surface area contributed by atoms with Crippen LogP contribution in [-0.2, 0) is 19.1 Å². The number of Topliss-reactive ketones (excluding diaryl/α,β-unsaturated/α-hetero) is 1. The number of nitrogens with zero attached hydrogens (tertiary/aromatic N) is 1. The highest BCUT2D eigenvalue weighted by Gasteiger charge is 2.37. The number of ether oxygens (including phenoxy) is 2. The van der Waals surface area contributed by atoms with Crippen LogP contribution in [0.2, 0.25) is 5.02 Å². The second-order valence-electron chi connectivity index (χ2n) is 6.01. The zero-order valence-corrected chi connectivity index (χ0v) is 15.4. The van der Waals surface area contributed by atoms with Crippen LogP contribution in [0.15, 0.2) is 18.2 Å². The van der Waals surface area contributed by atoms with Crippen molar-refractivity contribution in [2.45, 2.75) is 32.2 Å². The molecule has 1 fully saturated rings. The molecule has 0 unspecified atom stereocenters. The first-order valence-corrected chi connectivity index (χ1v) is 8.73. The summed E-state index contributed by atoms with van der Waals surface area (Å²) in [5, 5.41) is 0.238. The average molecular weight is 386 g/mol. The van der Waals surface area contributed by atoms with Gasteiger partial charge in [0.1, 0.15) is 18.0 Å². The summed E-state index contributed by atoms with van der Waals surface area (Å²) in [6.07, 6.45) is -0.349. The van der Waals surface area contributed by atoms with E-state index in [1.165, 1.54) is 24.1 Å². The lowest BCUT2D eigenvalue weighted by Crippen LogP contribution is -2.43. The highest BCUT2D eigenvalue weighted by Crippen LogP contribution is 2.37. The fraction of sp³-hybridized carbons (Fsp3) is 0.500. The zero-order chi connectivity index (χ0) is 19.3. The molecule has 1 saturated heterocycles. The SMILES string of the molecule is CCOC(=O)CC(=O)[C@H]1CCN(C(=O)OC)[C@H](c2ccc(Cl)cc2F)C1. The normalized spacial score (nSPS) is 19.8. The number of piperidine rings is 1. The first-order chi connectivity index (χ1) is 12.4. The van der Waals surface area contributed by atoms with Crippen molar-refractivity contribution < 1.29 is 28.2 Å². The maximum Gasteiger partial charge on any atom is 0.409 e. The number of rotatable bonds is 5. The van der Waals surface area contributed by atoms with Gasteiger partial charge in [-0.05, 0) is 31.9 Å². The van der Waals surface area contributed by atoms with Gasteiger partial charge in [0.15, 0.2) is 0 Å². The summed E-state index contributed by atoms with van der Waals surface area (Å²) in [5.74, 6) is -1.88. The molecule has 0 aromatic heterocycles. The minimum Gasteiger partial charge on any atom is -0.466 e. The van der Waals surface area contributed by atoms with Crippen molar-refractivity contribution >= 4 is 29.4 Å². The highest BCUT2D eigenvalue weighted by atomic mass is 35.5. The summed E-state index contributed by atoms with van der Waals surface area (Å²) < 4.78 is 24.0. The van der Waals surface area contributed by atoms with E-state index >= 15 is 0 Å². The molecule has 8 heteroatoms. The summed E-state index contributed by atoms with van der Waals surface area (Å²) in [4.78, 5) is 37.4. The van der Waals surface area contributed by atoms with Crippen molar-refractivity contribution in [3.05, 3.63) is 34.6 Å². The largest absolute Gasteiger partial charge is 0.466 e. The second kappa shape index (κ2) is 8.98. The summed E-state index contributed by atoms with van der Waals surface area (Å²) in [6, 6.07) is 3.51. The Balaban J connectivity index is 2.23. The van der Waals surface area contributed by atoms with Gasteiger partial charge in [-0.2, -0.15) is 0 Å². The first-order valence-electron chi connectivity index (χ1n) is 8.35. The second-order valence-corrected chi connectivity index (χ2v) is 6.45. The highest BCUT2D eigenvalue weighted by molar-refractivity contribution is 6.30. The minimum atomic E-state index is -0.676. The number of hydrogen-bond acceptors (Lipinski definition) is 5. The number of ketones is 1. The molecule has 2 rings (SSSR count). The van der Waals surface area contributed by atoms with E-state index in [4.69, 9.17) is 21.1 Å². The van der Waals surface area contributed by atoms with E-state index in [1.54, 1.807) is 6.92 Å². The monoisotopic (exact) mass is 385 g/mol. The number of benzene rings is 1. The lowest BCUT2D eigenvalue weighted by molar-refractivity contribution is -0.146. The Morgan fingerprint density at radius 3 is 2.69 bits per heavy atom. The number of halogens is 2. The number of amides is 1. The molecule has 1 aliphatic rings. The van der Waals surface area contributed by atoms with Gasteiger partial charge >= 0.3 is 12.1 Å². The zero-order valence-electron chi connectivity index (χ0n) is 14.7. The van der Waals surface area contributed by atoms with Crippen molar-refractivity contribution in [1.82, 2.24) is 4.90 Å². The third kappa shape index (κ3) is 4.72. The van der Waals surface area contributed by atoms with Crippen LogP contribution in [0.5, 0.6) is 0 Å².